The Morgan fingerprint density at radius 2 is 2.07 bits per heavy atom. The lowest BCUT2D eigenvalue weighted by molar-refractivity contribution is 0.649. The average molecular weight is 203 g/mol. The van der Waals surface area contributed by atoms with Crippen molar-refractivity contribution < 1.29 is 0 Å². The predicted octanol–water partition coefficient (Wildman–Crippen LogP) is 2.48. The summed E-state index contributed by atoms with van der Waals surface area (Å²) >= 11 is 0. The van der Waals surface area contributed by atoms with Crippen LogP contribution in [-0.4, -0.2) is 15.0 Å². The summed E-state index contributed by atoms with van der Waals surface area (Å²) in [5, 5.41) is 8.34. The lowest BCUT2D eigenvalue weighted by Gasteiger charge is -2.06. The zero-order valence-corrected chi connectivity index (χ0v) is 9.78. The molecular formula is C12H17N3. The van der Waals surface area contributed by atoms with E-state index in [2.05, 4.69) is 43.2 Å². The van der Waals surface area contributed by atoms with Gasteiger partial charge in [0.1, 0.15) is 5.52 Å². The SMILES string of the molecule is Cc1ccc(CC(C)C)c2nnn(C)c12. The topological polar surface area (TPSA) is 30.7 Å². The Morgan fingerprint density at radius 3 is 2.73 bits per heavy atom. The zero-order chi connectivity index (χ0) is 11.0. The number of benzene rings is 1. The molecule has 3 heteroatoms. The highest BCUT2D eigenvalue weighted by Crippen LogP contribution is 2.21. The summed E-state index contributed by atoms with van der Waals surface area (Å²) < 4.78 is 1.86. The van der Waals surface area contributed by atoms with Crippen molar-refractivity contribution in [3.8, 4) is 0 Å². The minimum atomic E-state index is 0.651. The van der Waals surface area contributed by atoms with Gasteiger partial charge in [-0.1, -0.05) is 31.2 Å². The van der Waals surface area contributed by atoms with Crippen molar-refractivity contribution in [2.45, 2.75) is 27.2 Å². The van der Waals surface area contributed by atoms with Gasteiger partial charge in [-0.25, -0.2) is 4.68 Å². The molecule has 80 valence electrons. The Morgan fingerprint density at radius 1 is 1.33 bits per heavy atom. The molecule has 0 saturated heterocycles. The second-order valence-electron chi connectivity index (χ2n) is 4.55. The number of rotatable bonds is 2. The van der Waals surface area contributed by atoms with Gasteiger partial charge in [0, 0.05) is 7.05 Å². The summed E-state index contributed by atoms with van der Waals surface area (Å²) in [5.74, 6) is 0.651. The summed E-state index contributed by atoms with van der Waals surface area (Å²) in [6, 6.07) is 4.33. The first-order chi connectivity index (χ1) is 7.09. The van der Waals surface area contributed by atoms with Crippen molar-refractivity contribution in [2.75, 3.05) is 0 Å². The predicted molar refractivity (Wildman–Crippen MR) is 61.8 cm³/mol. The van der Waals surface area contributed by atoms with Crippen molar-refractivity contribution in [1.29, 1.82) is 0 Å². The lowest BCUT2D eigenvalue weighted by atomic mass is 10.00. The van der Waals surface area contributed by atoms with Gasteiger partial charge in [-0.2, -0.15) is 0 Å². The Kier molecular flexibility index (Phi) is 2.47. The number of fused-ring (bicyclic) bond motifs is 1. The van der Waals surface area contributed by atoms with E-state index in [1.165, 1.54) is 11.1 Å². The molecule has 0 fully saturated rings. The van der Waals surface area contributed by atoms with E-state index in [4.69, 9.17) is 0 Å². The third kappa shape index (κ3) is 1.74. The highest BCUT2D eigenvalue weighted by molar-refractivity contribution is 5.81. The molecule has 0 spiro atoms. The van der Waals surface area contributed by atoms with Crippen LogP contribution in [-0.2, 0) is 13.5 Å². The van der Waals surface area contributed by atoms with E-state index in [9.17, 15) is 0 Å². The largest absolute Gasteiger partial charge is 0.247 e. The van der Waals surface area contributed by atoms with Crippen LogP contribution in [0, 0.1) is 12.8 Å². The molecule has 2 aromatic rings. The Bertz CT molecular complexity index is 483. The van der Waals surface area contributed by atoms with E-state index in [1.54, 1.807) is 0 Å². The van der Waals surface area contributed by atoms with Crippen molar-refractivity contribution in [3.05, 3.63) is 23.3 Å². The normalized spacial score (nSPS) is 11.5. The van der Waals surface area contributed by atoms with Crippen LogP contribution in [0.1, 0.15) is 25.0 Å². The first-order valence-electron chi connectivity index (χ1n) is 5.37. The smallest absolute Gasteiger partial charge is 0.116 e. The van der Waals surface area contributed by atoms with Crippen molar-refractivity contribution in [2.24, 2.45) is 13.0 Å². The molecule has 0 aliphatic carbocycles. The lowest BCUT2D eigenvalue weighted by Crippen LogP contribution is -1.97. The Labute approximate surface area is 90.1 Å². The monoisotopic (exact) mass is 203 g/mol. The molecule has 0 aliphatic rings. The van der Waals surface area contributed by atoms with Gasteiger partial charge in [0.05, 0.1) is 5.52 Å². The average Bonchev–Trinajstić information content (AvgIpc) is 2.53. The van der Waals surface area contributed by atoms with Gasteiger partial charge in [-0.3, -0.25) is 0 Å². The van der Waals surface area contributed by atoms with Crippen LogP contribution < -0.4 is 0 Å². The van der Waals surface area contributed by atoms with Crippen LogP contribution in [0.4, 0.5) is 0 Å². The molecule has 1 aromatic heterocycles. The summed E-state index contributed by atoms with van der Waals surface area (Å²) in [6.07, 6.45) is 1.06. The molecule has 1 aromatic carbocycles. The molecule has 0 aliphatic heterocycles. The second kappa shape index (κ2) is 3.65. The number of hydrogen-bond donors (Lipinski definition) is 0. The van der Waals surface area contributed by atoms with Crippen molar-refractivity contribution >= 4 is 11.0 Å². The van der Waals surface area contributed by atoms with Gasteiger partial charge in [-0.15, -0.1) is 5.10 Å². The zero-order valence-electron chi connectivity index (χ0n) is 9.78. The fourth-order valence-corrected chi connectivity index (χ4v) is 2.00. The second-order valence-corrected chi connectivity index (χ2v) is 4.55. The summed E-state index contributed by atoms with van der Waals surface area (Å²) in [7, 11) is 1.95. The summed E-state index contributed by atoms with van der Waals surface area (Å²) in [4.78, 5) is 0. The van der Waals surface area contributed by atoms with E-state index in [0.29, 0.717) is 5.92 Å². The quantitative estimate of drug-likeness (QED) is 0.750. The molecule has 0 unspecified atom stereocenters. The van der Waals surface area contributed by atoms with Crippen LogP contribution in [0.5, 0.6) is 0 Å². The maximum Gasteiger partial charge on any atom is 0.116 e. The molecular weight excluding hydrogens is 186 g/mol. The number of aryl methyl sites for hydroxylation is 2. The van der Waals surface area contributed by atoms with Gasteiger partial charge in [0.15, 0.2) is 0 Å². The first kappa shape index (κ1) is 10.1. The van der Waals surface area contributed by atoms with Crippen molar-refractivity contribution in [3.63, 3.8) is 0 Å². The third-order valence-corrected chi connectivity index (χ3v) is 2.67. The minimum absolute atomic E-state index is 0.651. The Balaban J connectivity index is 2.62. The van der Waals surface area contributed by atoms with Crippen LogP contribution in [0.2, 0.25) is 0 Å². The van der Waals surface area contributed by atoms with Crippen LogP contribution in [0.25, 0.3) is 11.0 Å². The van der Waals surface area contributed by atoms with Gasteiger partial charge in [-0.05, 0) is 30.4 Å². The molecule has 0 saturated carbocycles. The van der Waals surface area contributed by atoms with E-state index < -0.39 is 0 Å². The molecule has 0 amide bonds. The fourth-order valence-electron chi connectivity index (χ4n) is 2.00. The van der Waals surface area contributed by atoms with Crippen LogP contribution in [0.3, 0.4) is 0 Å². The van der Waals surface area contributed by atoms with Gasteiger partial charge in [0.2, 0.25) is 0 Å². The highest BCUT2D eigenvalue weighted by atomic mass is 15.4. The summed E-state index contributed by atoms with van der Waals surface area (Å²) in [5.41, 5.74) is 4.77. The molecule has 0 bridgehead atoms. The van der Waals surface area contributed by atoms with Gasteiger partial charge < -0.3 is 0 Å². The molecule has 3 nitrogen and oxygen atoms in total. The Hall–Kier alpha value is -1.38. The third-order valence-electron chi connectivity index (χ3n) is 2.67. The van der Waals surface area contributed by atoms with E-state index in [0.717, 1.165) is 17.5 Å². The van der Waals surface area contributed by atoms with Crippen LogP contribution in [0.15, 0.2) is 12.1 Å². The number of hydrogen-bond acceptors (Lipinski definition) is 2. The van der Waals surface area contributed by atoms with Gasteiger partial charge >= 0.3 is 0 Å². The molecule has 1 heterocycles. The molecule has 2 rings (SSSR count). The summed E-state index contributed by atoms with van der Waals surface area (Å²) in [6.45, 7) is 6.55. The molecule has 15 heavy (non-hydrogen) atoms. The molecule has 0 radical (unpaired) electrons. The fraction of sp³-hybridized carbons (Fsp3) is 0.500. The number of nitrogens with zero attached hydrogens (tertiary/aromatic N) is 3. The van der Waals surface area contributed by atoms with Gasteiger partial charge in [0.25, 0.3) is 0 Å². The van der Waals surface area contributed by atoms with Crippen LogP contribution >= 0.6 is 0 Å². The molecule has 0 N–H and O–H groups in total. The standard InChI is InChI=1S/C12H17N3/c1-8(2)7-10-6-5-9(3)12-11(10)13-14-15(12)4/h5-6,8H,7H2,1-4H3. The first-order valence-corrected chi connectivity index (χ1v) is 5.37. The van der Waals surface area contributed by atoms with Crippen molar-refractivity contribution in [1.82, 2.24) is 15.0 Å². The number of aromatic nitrogens is 3. The highest BCUT2D eigenvalue weighted by Gasteiger charge is 2.10. The van der Waals surface area contributed by atoms with E-state index in [1.807, 2.05) is 11.7 Å². The van der Waals surface area contributed by atoms with E-state index in [-0.39, 0.29) is 0 Å². The minimum Gasteiger partial charge on any atom is -0.247 e. The van der Waals surface area contributed by atoms with E-state index >= 15 is 0 Å². The maximum atomic E-state index is 4.25. The maximum absolute atomic E-state index is 4.25. The molecule has 0 atom stereocenters.